The van der Waals surface area contributed by atoms with E-state index in [1.807, 2.05) is 0 Å². The van der Waals surface area contributed by atoms with E-state index >= 15 is 0 Å². The Labute approximate surface area is 110 Å². The molecule has 18 heavy (non-hydrogen) atoms. The zero-order valence-corrected chi connectivity index (χ0v) is 11.7. The summed E-state index contributed by atoms with van der Waals surface area (Å²) in [7, 11) is 0. The van der Waals surface area contributed by atoms with Crippen LogP contribution in [0.1, 0.15) is 52.4 Å². The van der Waals surface area contributed by atoms with Crippen molar-refractivity contribution < 1.29 is 14.6 Å². The summed E-state index contributed by atoms with van der Waals surface area (Å²) >= 11 is 0. The highest BCUT2D eigenvalue weighted by Gasteiger charge is 2.51. The molecule has 0 aromatic carbocycles. The van der Waals surface area contributed by atoms with Crippen molar-refractivity contribution in [3.63, 3.8) is 0 Å². The van der Waals surface area contributed by atoms with Crippen LogP contribution >= 0.6 is 0 Å². The molecule has 0 aromatic rings. The van der Waals surface area contributed by atoms with Crippen LogP contribution in [0.3, 0.4) is 0 Å². The molecule has 1 N–H and O–H groups in total. The van der Waals surface area contributed by atoms with Gasteiger partial charge in [0.15, 0.2) is 0 Å². The molecule has 3 aliphatic rings. The monoisotopic (exact) mass is 254 g/mol. The number of hydrogen-bond acceptors (Lipinski definition) is 3. The molecule has 104 valence electrons. The molecule has 3 rings (SSSR count). The van der Waals surface area contributed by atoms with E-state index in [1.54, 1.807) is 0 Å². The van der Waals surface area contributed by atoms with Crippen molar-refractivity contribution in [1.29, 1.82) is 0 Å². The lowest BCUT2D eigenvalue weighted by molar-refractivity contribution is -0.142. The van der Waals surface area contributed by atoms with Gasteiger partial charge in [0.1, 0.15) is 0 Å². The van der Waals surface area contributed by atoms with Gasteiger partial charge < -0.3 is 14.6 Å². The van der Waals surface area contributed by atoms with Gasteiger partial charge in [0.2, 0.25) is 0 Å². The fourth-order valence-electron chi connectivity index (χ4n) is 4.26. The minimum Gasteiger partial charge on any atom is -0.390 e. The third kappa shape index (κ3) is 2.21. The van der Waals surface area contributed by atoms with Gasteiger partial charge >= 0.3 is 0 Å². The number of hydrogen-bond donors (Lipinski definition) is 1. The Hall–Kier alpha value is -0.120. The largest absolute Gasteiger partial charge is 0.390 e. The number of ether oxygens (including phenoxy) is 2. The lowest BCUT2D eigenvalue weighted by Gasteiger charge is -2.43. The van der Waals surface area contributed by atoms with E-state index in [2.05, 4.69) is 13.8 Å². The van der Waals surface area contributed by atoms with E-state index in [4.69, 9.17) is 9.47 Å². The summed E-state index contributed by atoms with van der Waals surface area (Å²) in [5, 5.41) is 11.0. The zero-order valence-electron chi connectivity index (χ0n) is 11.7. The van der Waals surface area contributed by atoms with Crippen LogP contribution in [0.5, 0.6) is 0 Å². The van der Waals surface area contributed by atoms with E-state index in [0.717, 1.165) is 58.3 Å². The average molecular weight is 254 g/mol. The van der Waals surface area contributed by atoms with Crippen molar-refractivity contribution >= 4 is 0 Å². The maximum Gasteiger partial charge on any atom is 0.0940 e. The van der Waals surface area contributed by atoms with Crippen molar-refractivity contribution in [3.8, 4) is 0 Å². The van der Waals surface area contributed by atoms with Crippen LogP contribution < -0.4 is 0 Å². The number of aliphatic hydroxyl groups is 1. The highest BCUT2D eigenvalue weighted by atomic mass is 16.6. The standard InChI is InChI=1S/C15H26O3/c1-13(2)4-5-15(16,10-13)12-3-7-18-14(9-12)6-8-17-11-14/h12,16H,3-11H2,1-2H3. The van der Waals surface area contributed by atoms with Crippen LogP contribution in [0, 0.1) is 11.3 Å². The predicted octanol–water partition coefficient (Wildman–Crippen LogP) is 2.51. The van der Waals surface area contributed by atoms with Gasteiger partial charge in [-0.2, -0.15) is 0 Å². The fraction of sp³-hybridized carbons (Fsp3) is 1.00. The molecule has 1 spiro atoms. The van der Waals surface area contributed by atoms with Crippen LogP contribution in [-0.2, 0) is 9.47 Å². The van der Waals surface area contributed by atoms with Gasteiger partial charge in [0.25, 0.3) is 0 Å². The molecule has 2 saturated heterocycles. The van der Waals surface area contributed by atoms with Crippen LogP contribution in [0.15, 0.2) is 0 Å². The summed E-state index contributed by atoms with van der Waals surface area (Å²) in [5.74, 6) is 0.398. The third-order valence-electron chi connectivity index (χ3n) is 5.34. The molecule has 0 bridgehead atoms. The second kappa shape index (κ2) is 4.19. The summed E-state index contributed by atoms with van der Waals surface area (Å²) in [5.41, 5.74) is -0.235. The third-order valence-corrected chi connectivity index (χ3v) is 5.34. The molecule has 3 atom stereocenters. The number of rotatable bonds is 1. The zero-order chi connectivity index (χ0) is 12.9. The SMILES string of the molecule is CC1(C)CCC(O)(C2CCOC3(CCOC3)C2)C1. The first kappa shape index (κ1) is 12.9. The molecule has 3 nitrogen and oxygen atoms in total. The van der Waals surface area contributed by atoms with Crippen molar-refractivity contribution in [2.75, 3.05) is 19.8 Å². The van der Waals surface area contributed by atoms with Gasteiger partial charge in [-0.3, -0.25) is 0 Å². The van der Waals surface area contributed by atoms with Gasteiger partial charge in [-0.05, 0) is 43.4 Å². The maximum absolute atomic E-state index is 11.0. The van der Waals surface area contributed by atoms with E-state index in [9.17, 15) is 5.11 Å². The van der Waals surface area contributed by atoms with Crippen molar-refractivity contribution in [2.45, 2.75) is 63.6 Å². The highest BCUT2D eigenvalue weighted by Crippen LogP contribution is 2.51. The minimum absolute atomic E-state index is 0.0780. The average Bonchev–Trinajstić information content (AvgIpc) is 2.85. The Kier molecular flexibility index (Phi) is 3.00. The molecule has 0 radical (unpaired) electrons. The lowest BCUT2D eigenvalue weighted by atomic mass is 9.73. The normalized spacial score (nSPS) is 47.8. The molecule has 1 aliphatic carbocycles. The first-order valence-electron chi connectivity index (χ1n) is 7.37. The molecule has 0 amide bonds. The summed E-state index contributed by atoms with van der Waals surface area (Å²) in [4.78, 5) is 0. The first-order valence-corrected chi connectivity index (χ1v) is 7.37. The minimum atomic E-state index is -0.455. The fourth-order valence-corrected chi connectivity index (χ4v) is 4.26. The molecular weight excluding hydrogens is 228 g/mol. The van der Waals surface area contributed by atoms with Gasteiger partial charge in [-0.25, -0.2) is 0 Å². The highest BCUT2D eigenvalue weighted by molar-refractivity contribution is 5.02. The molecule has 0 aromatic heterocycles. The summed E-state index contributed by atoms with van der Waals surface area (Å²) in [6.07, 6.45) is 6.05. The van der Waals surface area contributed by atoms with E-state index in [0.29, 0.717) is 11.3 Å². The van der Waals surface area contributed by atoms with Crippen molar-refractivity contribution in [1.82, 2.24) is 0 Å². The second-order valence-electron chi connectivity index (χ2n) is 7.47. The van der Waals surface area contributed by atoms with Crippen molar-refractivity contribution in [3.05, 3.63) is 0 Å². The molecule has 2 aliphatic heterocycles. The molecule has 3 unspecified atom stereocenters. The Morgan fingerprint density at radius 1 is 1.11 bits per heavy atom. The quantitative estimate of drug-likeness (QED) is 0.781. The topological polar surface area (TPSA) is 38.7 Å². The Morgan fingerprint density at radius 3 is 2.56 bits per heavy atom. The van der Waals surface area contributed by atoms with Crippen LogP contribution in [-0.4, -0.2) is 36.1 Å². The van der Waals surface area contributed by atoms with Crippen molar-refractivity contribution in [2.24, 2.45) is 11.3 Å². The molecule has 2 heterocycles. The summed E-state index contributed by atoms with van der Waals surface area (Å²) in [6.45, 7) is 6.88. The maximum atomic E-state index is 11.0. The van der Waals surface area contributed by atoms with Crippen LogP contribution in [0.2, 0.25) is 0 Å². The predicted molar refractivity (Wildman–Crippen MR) is 69.4 cm³/mol. The van der Waals surface area contributed by atoms with E-state index < -0.39 is 5.60 Å². The molecular formula is C15H26O3. The lowest BCUT2D eigenvalue weighted by Crippen LogP contribution is -2.48. The van der Waals surface area contributed by atoms with Crippen LogP contribution in [0.25, 0.3) is 0 Å². The van der Waals surface area contributed by atoms with Gasteiger partial charge in [-0.15, -0.1) is 0 Å². The Morgan fingerprint density at radius 2 is 1.94 bits per heavy atom. The summed E-state index contributed by atoms with van der Waals surface area (Å²) in [6, 6.07) is 0. The molecule has 1 saturated carbocycles. The Balaban J connectivity index is 1.72. The van der Waals surface area contributed by atoms with Gasteiger partial charge in [0, 0.05) is 19.6 Å². The van der Waals surface area contributed by atoms with Gasteiger partial charge in [-0.1, -0.05) is 13.8 Å². The van der Waals surface area contributed by atoms with E-state index in [1.165, 1.54) is 0 Å². The first-order chi connectivity index (χ1) is 8.43. The Bertz CT molecular complexity index is 320. The summed E-state index contributed by atoms with van der Waals surface area (Å²) < 4.78 is 11.5. The van der Waals surface area contributed by atoms with E-state index in [-0.39, 0.29) is 5.60 Å². The molecule has 3 fully saturated rings. The molecule has 3 heteroatoms. The van der Waals surface area contributed by atoms with Gasteiger partial charge in [0.05, 0.1) is 17.8 Å². The second-order valence-corrected chi connectivity index (χ2v) is 7.47. The smallest absolute Gasteiger partial charge is 0.0940 e. The van der Waals surface area contributed by atoms with Crippen LogP contribution in [0.4, 0.5) is 0 Å².